The van der Waals surface area contributed by atoms with Gasteiger partial charge < -0.3 is 0 Å². The molecule has 6 heteroatoms. The van der Waals surface area contributed by atoms with Gasteiger partial charge in [-0.2, -0.15) is 0 Å². The normalized spacial score (nSPS) is 11.9. The quantitative estimate of drug-likeness (QED) is 0.790. The van der Waals surface area contributed by atoms with Gasteiger partial charge in [0, 0.05) is 6.42 Å². The fourth-order valence-corrected chi connectivity index (χ4v) is 2.50. The molecule has 0 spiro atoms. The molecular weight excluding hydrogens is 276 g/mol. The topological polar surface area (TPSA) is 75.3 Å². The Balaban J connectivity index is 2.71. The van der Waals surface area contributed by atoms with Crippen LogP contribution in [0, 0.1) is 5.92 Å². The number of hydrogen-bond acceptors (Lipinski definition) is 3. The van der Waals surface area contributed by atoms with E-state index in [9.17, 15) is 13.2 Å². The second kappa shape index (κ2) is 6.85. The van der Waals surface area contributed by atoms with Crippen LogP contribution < -0.4 is 10.3 Å². The van der Waals surface area contributed by atoms with Crippen molar-refractivity contribution in [1.82, 2.24) is 10.3 Å². The molecule has 0 atom stereocenters. The van der Waals surface area contributed by atoms with Crippen molar-refractivity contribution < 1.29 is 13.2 Å². The van der Waals surface area contributed by atoms with E-state index >= 15 is 0 Å². The SMILES string of the molecule is CC(C)CC(=O)NNS(=O)(=O)c1ccc(C(C)C)cc1. The molecule has 2 N–H and O–H groups in total. The maximum atomic E-state index is 12.0. The molecule has 0 unspecified atom stereocenters. The minimum atomic E-state index is -3.72. The highest BCUT2D eigenvalue weighted by atomic mass is 32.2. The molecule has 0 aliphatic carbocycles. The molecule has 1 amide bonds. The minimum absolute atomic E-state index is 0.131. The summed E-state index contributed by atoms with van der Waals surface area (Å²) in [5.74, 6) is 0.165. The number of nitrogens with one attached hydrogen (secondary N) is 2. The van der Waals surface area contributed by atoms with Crippen LogP contribution in [0.15, 0.2) is 29.2 Å². The standard InChI is InChI=1S/C14H22N2O3S/c1-10(2)9-14(17)15-16-20(18,19)13-7-5-12(6-8-13)11(3)4/h5-8,10-11,16H,9H2,1-4H3,(H,15,17). The van der Waals surface area contributed by atoms with Gasteiger partial charge in [0.1, 0.15) is 0 Å². The zero-order valence-electron chi connectivity index (χ0n) is 12.3. The summed E-state index contributed by atoms with van der Waals surface area (Å²) in [4.78, 5) is 13.7. The van der Waals surface area contributed by atoms with E-state index in [0.29, 0.717) is 5.92 Å². The third-order valence-electron chi connectivity index (χ3n) is 2.78. The Hall–Kier alpha value is -1.40. The first-order valence-corrected chi connectivity index (χ1v) is 8.11. The maximum absolute atomic E-state index is 12.0. The van der Waals surface area contributed by atoms with Gasteiger partial charge in [-0.1, -0.05) is 39.8 Å². The van der Waals surface area contributed by atoms with Crippen LogP contribution in [-0.4, -0.2) is 14.3 Å². The molecule has 112 valence electrons. The van der Waals surface area contributed by atoms with E-state index in [4.69, 9.17) is 0 Å². The molecule has 1 aromatic rings. The van der Waals surface area contributed by atoms with E-state index in [1.807, 2.05) is 27.7 Å². The van der Waals surface area contributed by atoms with Crippen molar-refractivity contribution in [3.05, 3.63) is 29.8 Å². The summed E-state index contributed by atoms with van der Waals surface area (Å²) in [6.07, 6.45) is 0.273. The summed E-state index contributed by atoms with van der Waals surface area (Å²) in [5, 5.41) is 0. The number of carbonyl (C=O) groups is 1. The number of benzene rings is 1. The lowest BCUT2D eigenvalue weighted by Crippen LogP contribution is -2.41. The van der Waals surface area contributed by atoms with Crippen LogP contribution >= 0.6 is 0 Å². The van der Waals surface area contributed by atoms with Crippen LogP contribution in [0.25, 0.3) is 0 Å². The molecule has 0 bridgehead atoms. The highest BCUT2D eigenvalue weighted by Gasteiger charge is 2.15. The molecule has 0 saturated heterocycles. The van der Waals surface area contributed by atoms with Crippen molar-refractivity contribution in [1.29, 1.82) is 0 Å². The largest absolute Gasteiger partial charge is 0.278 e. The van der Waals surface area contributed by atoms with Crippen LogP contribution in [0.1, 0.15) is 45.6 Å². The predicted molar refractivity (Wildman–Crippen MR) is 78.5 cm³/mol. The number of hydrogen-bond donors (Lipinski definition) is 2. The molecule has 20 heavy (non-hydrogen) atoms. The van der Waals surface area contributed by atoms with Gasteiger partial charge in [0.25, 0.3) is 10.0 Å². The van der Waals surface area contributed by atoms with Gasteiger partial charge in [-0.05, 0) is 29.5 Å². The van der Waals surface area contributed by atoms with Crippen molar-refractivity contribution in [2.24, 2.45) is 5.92 Å². The molecular formula is C14H22N2O3S. The monoisotopic (exact) mass is 298 g/mol. The van der Waals surface area contributed by atoms with Crippen LogP contribution in [-0.2, 0) is 14.8 Å². The summed E-state index contributed by atoms with van der Waals surface area (Å²) < 4.78 is 24.0. The minimum Gasteiger partial charge on any atom is -0.278 e. The Morgan fingerprint density at radius 1 is 1.10 bits per heavy atom. The number of sulfonamides is 1. The molecule has 1 rings (SSSR count). The molecule has 0 aliphatic heterocycles. The Kier molecular flexibility index (Phi) is 5.71. The molecule has 5 nitrogen and oxygen atoms in total. The lowest BCUT2D eigenvalue weighted by Gasteiger charge is -2.11. The van der Waals surface area contributed by atoms with E-state index in [0.717, 1.165) is 5.56 Å². The summed E-state index contributed by atoms with van der Waals surface area (Å²) in [6, 6.07) is 6.61. The zero-order chi connectivity index (χ0) is 15.3. The molecule has 1 aromatic carbocycles. The van der Waals surface area contributed by atoms with Gasteiger partial charge >= 0.3 is 0 Å². The van der Waals surface area contributed by atoms with Gasteiger partial charge in [0.15, 0.2) is 0 Å². The average molecular weight is 298 g/mol. The van der Waals surface area contributed by atoms with Gasteiger partial charge in [0.05, 0.1) is 4.90 Å². The lowest BCUT2D eigenvalue weighted by atomic mass is 10.0. The fraction of sp³-hybridized carbons (Fsp3) is 0.500. The smallest absolute Gasteiger partial charge is 0.257 e. The van der Waals surface area contributed by atoms with Crippen molar-refractivity contribution in [2.45, 2.75) is 44.9 Å². The van der Waals surface area contributed by atoms with E-state index in [1.165, 1.54) is 12.1 Å². The summed E-state index contributed by atoms with van der Waals surface area (Å²) in [5.41, 5.74) is 3.28. The first kappa shape index (κ1) is 16.7. The third-order valence-corrected chi connectivity index (χ3v) is 4.04. The Morgan fingerprint density at radius 2 is 1.65 bits per heavy atom. The van der Waals surface area contributed by atoms with Gasteiger partial charge in [0.2, 0.25) is 5.91 Å². The fourth-order valence-electron chi connectivity index (χ4n) is 1.64. The van der Waals surface area contributed by atoms with Crippen LogP contribution in [0.4, 0.5) is 0 Å². The van der Waals surface area contributed by atoms with E-state index in [-0.39, 0.29) is 23.1 Å². The highest BCUT2D eigenvalue weighted by Crippen LogP contribution is 2.16. The number of rotatable bonds is 6. The zero-order valence-corrected chi connectivity index (χ0v) is 13.1. The molecule has 0 aliphatic rings. The predicted octanol–water partition coefficient (Wildman–Crippen LogP) is 2.17. The van der Waals surface area contributed by atoms with Crippen LogP contribution in [0.3, 0.4) is 0 Å². The number of carbonyl (C=O) groups excluding carboxylic acids is 1. The number of amides is 1. The average Bonchev–Trinajstić information content (AvgIpc) is 2.36. The van der Waals surface area contributed by atoms with Crippen LogP contribution in [0.5, 0.6) is 0 Å². The lowest BCUT2D eigenvalue weighted by molar-refractivity contribution is -0.122. The van der Waals surface area contributed by atoms with E-state index in [2.05, 4.69) is 10.3 Å². The molecule has 0 radical (unpaired) electrons. The van der Waals surface area contributed by atoms with E-state index < -0.39 is 10.0 Å². The maximum Gasteiger partial charge on any atom is 0.257 e. The third kappa shape index (κ3) is 4.94. The van der Waals surface area contributed by atoms with Crippen molar-refractivity contribution in [2.75, 3.05) is 0 Å². The van der Waals surface area contributed by atoms with Gasteiger partial charge in [-0.25, -0.2) is 8.42 Å². The van der Waals surface area contributed by atoms with Crippen molar-refractivity contribution in [3.63, 3.8) is 0 Å². The van der Waals surface area contributed by atoms with Gasteiger partial charge in [-0.3, -0.25) is 10.2 Å². The molecule has 0 saturated carbocycles. The number of hydrazine groups is 1. The second-order valence-corrected chi connectivity index (χ2v) is 7.16. The van der Waals surface area contributed by atoms with Crippen LogP contribution in [0.2, 0.25) is 0 Å². The summed E-state index contributed by atoms with van der Waals surface area (Å²) in [6.45, 7) is 7.85. The Bertz CT molecular complexity index is 548. The Morgan fingerprint density at radius 3 is 2.10 bits per heavy atom. The van der Waals surface area contributed by atoms with Crippen molar-refractivity contribution in [3.8, 4) is 0 Å². The first-order valence-electron chi connectivity index (χ1n) is 6.63. The highest BCUT2D eigenvalue weighted by molar-refractivity contribution is 7.89. The summed E-state index contributed by atoms with van der Waals surface area (Å²) in [7, 11) is -3.72. The first-order chi connectivity index (χ1) is 9.22. The second-order valence-electron chi connectivity index (χ2n) is 5.48. The van der Waals surface area contributed by atoms with Crippen molar-refractivity contribution >= 4 is 15.9 Å². The summed E-state index contributed by atoms with van der Waals surface area (Å²) >= 11 is 0. The van der Waals surface area contributed by atoms with Gasteiger partial charge in [-0.15, -0.1) is 4.83 Å². The molecule has 0 aromatic heterocycles. The van der Waals surface area contributed by atoms with E-state index in [1.54, 1.807) is 12.1 Å². The Labute approximate surface area is 120 Å². The molecule has 0 heterocycles. The molecule has 0 fully saturated rings.